The third kappa shape index (κ3) is 4.49. The molecule has 1 aromatic carbocycles. The Morgan fingerprint density at radius 2 is 1.97 bits per heavy atom. The van der Waals surface area contributed by atoms with Crippen LogP contribution in [-0.4, -0.2) is 51.7 Å². The molecule has 196 valence electrons. The van der Waals surface area contributed by atoms with Gasteiger partial charge in [0.25, 0.3) is 5.91 Å². The Morgan fingerprint density at radius 1 is 1.27 bits per heavy atom. The molecule has 4 heterocycles. The van der Waals surface area contributed by atoms with Crippen molar-refractivity contribution in [3.8, 4) is 0 Å². The predicted octanol–water partition coefficient (Wildman–Crippen LogP) is 4.66. The van der Waals surface area contributed by atoms with Crippen molar-refractivity contribution >= 4 is 45.0 Å². The molecule has 1 unspecified atom stereocenters. The molecule has 2 aromatic heterocycles. The van der Waals surface area contributed by atoms with Gasteiger partial charge in [-0.2, -0.15) is 13.2 Å². The number of hydrogen-bond acceptors (Lipinski definition) is 8. The largest absolute Gasteiger partial charge is 0.417 e. The van der Waals surface area contributed by atoms with Crippen LogP contribution in [0.25, 0.3) is 16.3 Å². The molecular weight excluding hydrogens is 505 g/mol. The summed E-state index contributed by atoms with van der Waals surface area (Å²) < 4.78 is 41.9. The van der Waals surface area contributed by atoms with Gasteiger partial charge in [-0.15, -0.1) is 11.3 Å². The molecule has 5 rings (SSSR count). The van der Waals surface area contributed by atoms with Gasteiger partial charge in [-0.25, -0.2) is 10.0 Å². The van der Waals surface area contributed by atoms with Crippen LogP contribution < -0.4 is 16.4 Å². The van der Waals surface area contributed by atoms with Crippen LogP contribution in [0.1, 0.15) is 52.3 Å². The van der Waals surface area contributed by atoms with Crippen molar-refractivity contribution in [1.82, 2.24) is 14.9 Å². The zero-order valence-electron chi connectivity index (χ0n) is 20.1. The second kappa shape index (κ2) is 9.51. The van der Waals surface area contributed by atoms with E-state index in [9.17, 15) is 23.2 Å². The van der Waals surface area contributed by atoms with E-state index in [1.165, 1.54) is 5.06 Å². The molecule has 1 saturated heterocycles. The highest BCUT2D eigenvalue weighted by molar-refractivity contribution is 7.21. The van der Waals surface area contributed by atoms with Crippen LogP contribution in [0.2, 0.25) is 0 Å². The molecule has 0 bridgehead atoms. The number of hydrogen-bond donors (Lipinski definition) is 3. The highest BCUT2D eigenvalue weighted by Gasteiger charge is 2.38. The number of hydroxylamine groups is 2. The van der Waals surface area contributed by atoms with E-state index in [2.05, 4.69) is 9.88 Å². The summed E-state index contributed by atoms with van der Waals surface area (Å²) in [7, 11) is 0. The number of thiophene rings is 1. The Bertz CT molecular complexity index is 1370. The molecule has 1 amide bonds. The minimum atomic E-state index is -4.68. The number of primary amides is 1. The molecule has 0 saturated carbocycles. The maximum atomic E-state index is 14.0. The molecule has 8 nitrogen and oxygen atoms in total. The van der Waals surface area contributed by atoms with E-state index < -0.39 is 17.6 Å². The number of nitrogen functional groups attached to an aromatic ring is 1. The van der Waals surface area contributed by atoms with Gasteiger partial charge in [0.2, 0.25) is 0 Å². The maximum absolute atomic E-state index is 14.0. The predicted molar refractivity (Wildman–Crippen MR) is 137 cm³/mol. The first-order valence-corrected chi connectivity index (χ1v) is 12.8. The lowest BCUT2D eigenvalue weighted by molar-refractivity contribution is -0.146. The molecule has 37 heavy (non-hydrogen) atoms. The lowest BCUT2D eigenvalue weighted by atomic mass is 9.96. The minimum Gasteiger partial charge on any atom is -0.397 e. The number of fused-ring (bicyclic) bond motifs is 2. The highest BCUT2D eigenvalue weighted by atomic mass is 32.1. The van der Waals surface area contributed by atoms with E-state index in [-0.39, 0.29) is 38.8 Å². The average molecular weight is 533 g/mol. The van der Waals surface area contributed by atoms with Crippen LogP contribution in [0.3, 0.4) is 0 Å². The van der Waals surface area contributed by atoms with Gasteiger partial charge in [0, 0.05) is 30.7 Å². The zero-order valence-corrected chi connectivity index (χ0v) is 20.9. The zero-order chi connectivity index (χ0) is 26.5. The van der Waals surface area contributed by atoms with Crippen molar-refractivity contribution in [3.63, 3.8) is 0 Å². The van der Waals surface area contributed by atoms with Crippen LogP contribution in [-0.2, 0) is 6.18 Å². The number of aromatic nitrogens is 1. The van der Waals surface area contributed by atoms with E-state index in [1.807, 2.05) is 42.2 Å². The second-order valence-electron chi connectivity index (χ2n) is 9.16. The van der Waals surface area contributed by atoms with E-state index in [0.717, 1.165) is 28.5 Å². The Labute approximate surface area is 215 Å². The molecule has 0 radical (unpaired) electrons. The monoisotopic (exact) mass is 532 g/mol. The van der Waals surface area contributed by atoms with E-state index in [0.29, 0.717) is 32.5 Å². The third-order valence-electron chi connectivity index (χ3n) is 7.08. The fourth-order valence-electron chi connectivity index (χ4n) is 5.34. The highest BCUT2D eigenvalue weighted by Crippen LogP contribution is 2.44. The fourth-order valence-corrected chi connectivity index (χ4v) is 6.31. The Morgan fingerprint density at radius 3 is 2.62 bits per heavy atom. The number of benzene rings is 1. The molecule has 2 aliphatic rings. The van der Waals surface area contributed by atoms with Crippen LogP contribution in [0.5, 0.6) is 0 Å². The summed E-state index contributed by atoms with van der Waals surface area (Å²) in [6.45, 7) is 3.68. The summed E-state index contributed by atoms with van der Waals surface area (Å²) in [4.78, 5) is 20.1. The topological polar surface area (TPSA) is 112 Å². The molecule has 12 heteroatoms. The summed E-state index contributed by atoms with van der Waals surface area (Å²) in [6, 6.07) is 9.00. The summed E-state index contributed by atoms with van der Waals surface area (Å²) >= 11 is 0.777. The number of rotatable bonds is 5. The smallest absolute Gasteiger partial charge is 0.397 e. The van der Waals surface area contributed by atoms with E-state index in [1.54, 1.807) is 6.20 Å². The van der Waals surface area contributed by atoms with Crippen molar-refractivity contribution in [2.75, 3.05) is 30.3 Å². The molecule has 1 atom stereocenters. The fraction of sp³-hybridized carbons (Fsp3) is 0.360. The number of carbonyl (C=O) groups is 1. The Balaban J connectivity index is 1.41. The number of alkyl halides is 3. The SMILES string of the molecule is CCN(C1CCN(c2cc(C(F)(F)F)c3c(N)c(C(N)=O)sc3n2)CC1)C1c2ccccc2C=CN1O. The average Bonchev–Trinajstić information content (AvgIpc) is 3.21. The van der Waals surface area contributed by atoms with Gasteiger partial charge in [-0.3, -0.25) is 14.9 Å². The van der Waals surface area contributed by atoms with Gasteiger partial charge >= 0.3 is 6.18 Å². The van der Waals surface area contributed by atoms with Crippen molar-refractivity contribution in [3.05, 3.63) is 58.1 Å². The van der Waals surface area contributed by atoms with Gasteiger partial charge in [-0.1, -0.05) is 31.2 Å². The van der Waals surface area contributed by atoms with Crippen molar-refractivity contribution in [1.29, 1.82) is 0 Å². The number of pyridine rings is 1. The van der Waals surface area contributed by atoms with Gasteiger partial charge < -0.3 is 16.4 Å². The van der Waals surface area contributed by atoms with Crippen molar-refractivity contribution in [2.24, 2.45) is 5.73 Å². The van der Waals surface area contributed by atoms with E-state index in [4.69, 9.17) is 11.5 Å². The summed E-state index contributed by atoms with van der Waals surface area (Å²) in [5.74, 6) is -0.693. The van der Waals surface area contributed by atoms with Crippen LogP contribution in [0.4, 0.5) is 24.7 Å². The van der Waals surface area contributed by atoms with Gasteiger partial charge in [0.15, 0.2) is 0 Å². The first-order chi connectivity index (χ1) is 17.6. The first-order valence-electron chi connectivity index (χ1n) is 11.9. The Hall–Kier alpha value is -3.35. The number of carbonyl (C=O) groups excluding carboxylic acids is 1. The van der Waals surface area contributed by atoms with Crippen LogP contribution in [0.15, 0.2) is 36.5 Å². The maximum Gasteiger partial charge on any atom is 0.417 e. The van der Waals surface area contributed by atoms with Gasteiger partial charge in [-0.05, 0) is 42.7 Å². The van der Waals surface area contributed by atoms with Crippen molar-refractivity contribution in [2.45, 2.75) is 38.1 Å². The quantitative estimate of drug-likeness (QED) is 0.438. The number of anilines is 2. The molecular formula is C25H27F3N6O2S. The minimum absolute atomic E-state index is 0.0370. The molecule has 3 aromatic rings. The molecule has 1 fully saturated rings. The third-order valence-corrected chi connectivity index (χ3v) is 8.20. The Kier molecular flexibility index (Phi) is 6.50. The van der Waals surface area contributed by atoms with Crippen LogP contribution >= 0.6 is 11.3 Å². The number of nitrogens with two attached hydrogens (primary N) is 2. The lowest BCUT2D eigenvalue weighted by Crippen LogP contribution is -2.50. The standard InChI is InChI=1S/C25H27F3N6O2S/c1-2-33(24-16-6-4-3-5-14(16)7-12-34(24)36)15-8-10-32(11-9-15)18-13-17(25(26,27)28)19-20(29)21(22(30)35)37-23(19)31-18/h3-7,12-13,15,24,36H,2,8-11,29H2,1H3,(H2,30,35). The molecule has 0 aliphatic carbocycles. The normalized spacial score (nSPS) is 18.6. The van der Waals surface area contributed by atoms with Gasteiger partial charge in [0.05, 0.1) is 11.3 Å². The number of nitrogens with zero attached hydrogens (tertiary/aromatic N) is 4. The number of halogens is 3. The summed E-state index contributed by atoms with van der Waals surface area (Å²) in [6.07, 6.45) is -0.174. The van der Waals surface area contributed by atoms with E-state index >= 15 is 0 Å². The lowest BCUT2D eigenvalue weighted by Gasteiger charge is -2.45. The first kappa shape index (κ1) is 25.3. The number of piperidine rings is 1. The molecule has 0 spiro atoms. The van der Waals surface area contributed by atoms with Crippen LogP contribution in [0, 0.1) is 0 Å². The van der Waals surface area contributed by atoms with Gasteiger partial charge in [0.1, 0.15) is 21.7 Å². The molecule has 2 aliphatic heterocycles. The summed E-state index contributed by atoms with van der Waals surface area (Å²) in [5, 5.41) is 11.6. The van der Waals surface area contributed by atoms with Crippen molar-refractivity contribution < 1.29 is 23.2 Å². The molecule has 5 N–H and O–H groups in total. The number of amides is 1. The summed E-state index contributed by atoms with van der Waals surface area (Å²) in [5.41, 5.74) is 12.0. The second-order valence-corrected chi connectivity index (χ2v) is 10.2.